The Morgan fingerprint density at radius 1 is 0.368 bits per heavy atom. The van der Waals surface area contributed by atoms with Crippen LogP contribution in [0.3, 0.4) is 0 Å². The smallest absolute Gasteiger partial charge is 0.164 e. The molecular formula is C63H44N4O. The molecule has 0 fully saturated rings. The number of aromatic nitrogens is 4. The van der Waals surface area contributed by atoms with E-state index >= 15 is 0 Å². The molecule has 0 radical (unpaired) electrons. The van der Waals surface area contributed by atoms with Gasteiger partial charge >= 0.3 is 0 Å². The zero-order valence-electron chi connectivity index (χ0n) is 38.2. The minimum absolute atomic E-state index is 0.274. The van der Waals surface area contributed by atoms with Crippen molar-refractivity contribution in [3.8, 4) is 73.2 Å². The van der Waals surface area contributed by atoms with Gasteiger partial charge in [0.15, 0.2) is 17.5 Å². The number of para-hydroxylation sites is 2. The van der Waals surface area contributed by atoms with E-state index < -0.39 is 0 Å². The maximum Gasteiger partial charge on any atom is 0.164 e. The Morgan fingerprint density at radius 2 is 0.853 bits per heavy atom. The summed E-state index contributed by atoms with van der Waals surface area (Å²) in [6.07, 6.45) is 0. The van der Waals surface area contributed by atoms with Crippen molar-refractivity contribution >= 4 is 43.7 Å². The van der Waals surface area contributed by atoms with Gasteiger partial charge in [-0.3, -0.25) is 0 Å². The molecule has 0 atom stereocenters. The maximum absolute atomic E-state index is 6.69. The second kappa shape index (κ2) is 14.1. The molecule has 0 spiro atoms. The Labute approximate surface area is 394 Å². The normalized spacial score (nSPS) is 14.1. The number of furan rings is 1. The molecule has 2 aliphatic carbocycles. The molecule has 3 aromatic heterocycles. The fourth-order valence-electron chi connectivity index (χ4n) is 12.0. The molecule has 0 saturated heterocycles. The molecule has 0 bridgehead atoms. The number of fused-ring (bicyclic) bond motifs is 12. The zero-order valence-corrected chi connectivity index (χ0v) is 38.2. The first kappa shape index (κ1) is 38.8. The molecule has 12 aromatic rings. The molecule has 14 rings (SSSR count). The van der Waals surface area contributed by atoms with Gasteiger partial charge in [0, 0.05) is 54.8 Å². The van der Waals surface area contributed by atoms with Gasteiger partial charge in [0.1, 0.15) is 11.2 Å². The molecule has 9 aromatic carbocycles. The maximum atomic E-state index is 6.69. The summed E-state index contributed by atoms with van der Waals surface area (Å²) in [5.74, 6) is 1.92. The summed E-state index contributed by atoms with van der Waals surface area (Å²) in [4.78, 5) is 16.5. The van der Waals surface area contributed by atoms with Crippen LogP contribution in [0.4, 0.5) is 0 Å². The molecule has 2 aliphatic rings. The standard InChI is InChI=1S/C63H44N4O/c1-62(2)50-27-11-8-19-40(50)43-22-14-25-46(57(43)62)60-64-59(65-61(66-60)47-26-15-23-44-41-20-9-12-28-51(41)63(3,4)58(44)47)45-24-16-30-55-56(45)49-36-38(32-34-54(49)68-55)37-31-33-53-48(35-37)42-21-10-13-29-52(42)67(53)39-17-6-5-7-18-39/h5-36H,1-4H3. The van der Waals surface area contributed by atoms with E-state index in [-0.39, 0.29) is 10.8 Å². The summed E-state index contributed by atoms with van der Waals surface area (Å²) >= 11 is 0. The minimum atomic E-state index is -0.274. The summed E-state index contributed by atoms with van der Waals surface area (Å²) < 4.78 is 9.05. The summed E-state index contributed by atoms with van der Waals surface area (Å²) in [6, 6.07) is 69.7. The van der Waals surface area contributed by atoms with Crippen LogP contribution in [0, 0.1) is 0 Å². The molecule has 0 N–H and O–H groups in total. The van der Waals surface area contributed by atoms with Crippen molar-refractivity contribution in [3.05, 3.63) is 216 Å². The fourth-order valence-corrected chi connectivity index (χ4v) is 12.0. The van der Waals surface area contributed by atoms with Crippen molar-refractivity contribution in [2.45, 2.75) is 38.5 Å². The van der Waals surface area contributed by atoms with E-state index in [2.05, 4.69) is 226 Å². The van der Waals surface area contributed by atoms with Gasteiger partial charge in [-0.05, 0) is 104 Å². The van der Waals surface area contributed by atoms with Crippen LogP contribution in [-0.2, 0) is 10.8 Å². The van der Waals surface area contributed by atoms with Crippen LogP contribution in [0.25, 0.3) is 117 Å². The minimum Gasteiger partial charge on any atom is -0.456 e. The van der Waals surface area contributed by atoms with E-state index in [0.717, 1.165) is 55.4 Å². The quantitative estimate of drug-likeness (QED) is 0.173. The summed E-state index contributed by atoms with van der Waals surface area (Å²) in [7, 11) is 0. The number of benzene rings is 9. The van der Waals surface area contributed by atoms with Gasteiger partial charge in [0.2, 0.25) is 0 Å². The largest absolute Gasteiger partial charge is 0.456 e. The zero-order chi connectivity index (χ0) is 45.5. The topological polar surface area (TPSA) is 56.7 Å². The Kier molecular flexibility index (Phi) is 8.02. The molecule has 3 heterocycles. The van der Waals surface area contributed by atoms with Gasteiger partial charge in [-0.25, -0.2) is 15.0 Å². The molecule has 68 heavy (non-hydrogen) atoms. The highest BCUT2D eigenvalue weighted by Gasteiger charge is 2.40. The average Bonchev–Trinajstić information content (AvgIpc) is 4.07. The summed E-state index contributed by atoms with van der Waals surface area (Å²) in [5, 5.41) is 4.42. The molecular weight excluding hydrogens is 829 g/mol. The molecule has 5 nitrogen and oxygen atoms in total. The monoisotopic (exact) mass is 872 g/mol. The third-order valence-electron chi connectivity index (χ3n) is 15.0. The van der Waals surface area contributed by atoms with Crippen LogP contribution in [0.5, 0.6) is 0 Å². The van der Waals surface area contributed by atoms with E-state index in [1.807, 2.05) is 0 Å². The van der Waals surface area contributed by atoms with E-state index in [9.17, 15) is 0 Å². The predicted octanol–water partition coefficient (Wildman–Crippen LogP) is 16.1. The Bertz CT molecular complexity index is 3970. The lowest BCUT2D eigenvalue weighted by atomic mass is 9.79. The Morgan fingerprint density at radius 3 is 1.51 bits per heavy atom. The first-order valence-electron chi connectivity index (χ1n) is 23.5. The third kappa shape index (κ3) is 5.41. The third-order valence-corrected chi connectivity index (χ3v) is 15.0. The fraction of sp³-hybridized carbons (Fsp3) is 0.0952. The van der Waals surface area contributed by atoms with Crippen molar-refractivity contribution in [2.24, 2.45) is 0 Å². The lowest BCUT2D eigenvalue weighted by Crippen LogP contribution is -2.18. The first-order chi connectivity index (χ1) is 33.2. The van der Waals surface area contributed by atoms with Crippen molar-refractivity contribution in [1.29, 1.82) is 0 Å². The van der Waals surface area contributed by atoms with Crippen LogP contribution in [-0.4, -0.2) is 19.5 Å². The number of hydrogen-bond donors (Lipinski definition) is 0. The number of rotatable bonds is 5. The molecule has 0 aliphatic heterocycles. The van der Waals surface area contributed by atoms with Crippen LogP contribution in [0.2, 0.25) is 0 Å². The van der Waals surface area contributed by atoms with Crippen LogP contribution < -0.4 is 0 Å². The van der Waals surface area contributed by atoms with Crippen molar-refractivity contribution in [3.63, 3.8) is 0 Å². The van der Waals surface area contributed by atoms with Crippen LogP contribution in [0.1, 0.15) is 49.9 Å². The van der Waals surface area contributed by atoms with E-state index in [1.54, 1.807) is 0 Å². The number of hydrogen-bond acceptors (Lipinski definition) is 4. The highest BCUT2D eigenvalue weighted by atomic mass is 16.3. The van der Waals surface area contributed by atoms with Crippen molar-refractivity contribution < 1.29 is 4.42 Å². The van der Waals surface area contributed by atoms with E-state index in [0.29, 0.717) is 17.5 Å². The van der Waals surface area contributed by atoms with Crippen molar-refractivity contribution in [2.75, 3.05) is 0 Å². The van der Waals surface area contributed by atoms with Crippen LogP contribution in [0.15, 0.2) is 199 Å². The highest BCUT2D eigenvalue weighted by Crippen LogP contribution is 2.54. The predicted molar refractivity (Wildman–Crippen MR) is 278 cm³/mol. The second-order valence-corrected chi connectivity index (χ2v) is 19.5. The highest BCUT2D eigenvalue weighted by molar-refractivity contribution is 6.14. The molecule has 322 valence electrons. The summed E-state index contributed by atoms with van der Waals surface area (Å²) in [6.45, 7) is 9.29. The van der Waals surface area contributed by atoms with Gasteiger partial charge < -0.3 is 8.98 Å². The van der Waals surface area contributed by atoms with Gasteiger partial charge in [-0.2, -0.15) is 0 Å². The number of nitrogens with zero attached hydrogens (tertiary/aromatic N) is 4. The van der Waals surface area contributed by atoms with Crippen molar-refractivity contribution in [1.82, 2.24) is 19.5 Å². The lowest BCUT2D eigenvalue weighted by molar-refractivity contribution is 0.660. The lowest BCUT2D eigenvalue weighted by Gasteiger charge is -2.25. The van der Waals surface area contributed by atoms with Gasteiger partial charge in [-0.15, -0.1) is 0 Å². The second-order valence-electron chi connectivity index (χ2n) is 19.5. The SMILES string of the molecule is CC1(C)c2ccccc2-c2cccc(-c3nc(-c4cccc5c4C(C)(C)c4ccccc4-5)nc(-c4cccc5oc6ccc(-c7ccc8c(c7)c7ccccc7n8-c7ccccc7)cc6c45)n3)c21. The van der Waals surface area contributed by atoms with Gasteiger partial charge in [0.25, 0.3) is 0 Å². The Balaban J connectivity index is 0.989. The first-order valence-corrected chi connectivity index (χ1v) is 23.5. The Hall–Kier alpha value is -8.41. The summed E-state index contributed by atoms with van der Waals surface area (Å²) in [5.41, 5.74) is 19.8. The molecule has 0 amide bonds. The van der Waals surface area contributed by atoms with Gasteiger partial charge in [-0.1, -0.05) is 173 Å². The average molecular weight is 873 g/mol. The molecule has 0 unspecified atom stereocenters. The van der Waals surface area contributed by atoms with Crippen LogP contribution >= 0.6 is 0 Å². The van der Waals surface area contributed by atoms with Gasteiger partial charge in [0.05, 0.1) is 11.0 Å². The van der Waals surface area contributed by atoms with E-state index in [1.165, 1.54) is 66.3 Å². The molecule has 0 saturated carbocycles. The van der Waals surface area contributed by atoms with E-state index in [4.69, 9.17) is 19.4 Å². The molecule has 5 heteroatoms.